The second-order valence-electron chi connectivity index (χ2n) is 6.85. The molecule has 5 nitrogen and oxygen atoms in total. The Balaban J connectivity index is 1.82. The zero-order valence-electron chi connectivity index (χ0n) is 14.7. The highest BCUT2D eigenvalue weighted by Crippen LogP contribution is 2.17. The molecule has 24 heavy (non-hydrogen) atoms. The van der Waals surface area contributed by atoms with Gasteiger partial charge in [0.05, 0.1) is 6.54 Å². The average Bonchev–Trinajstić information content (AvgIpc) is 2.54. The van der Waals surface area contributed by atoms with Crippen LogP contribution < -0.4 is 10.6 Å². The number of aliphatic imine (C=N–C) groups is 1. The first-order chi connectivity index (χ1) is 11.3. The van der Waals surface area contributed by atoms with Gasteiger partial charge in [-0.15, -0.1) is 0 Å². The lowest BCUT2D eigenvalue weighted by atomic mass is 10.2. The van der Waals surface area contributed by atoms with Gasteiger partial charge in [0.15, 0.2) is 5.96 Å². The van der Waals surface area contributed by atoms with Crippen LogP contribution >= 0.6 is 0 Å². The molecule has 2 N–H and O–H groups in total. The van der Waals surface area contributed by atoms with Crippen LogP contribution in [0.25, 0.3) is 0 Å². The van der Waals surface area contributed by atoms with Crippen molar-refractivity contribution in [3.8, 4) is 0 Å². The summed E-state index contributed by atoms with van der Waals surface area (Å²) in [6.45, 7) is 9.55. The number of rotatable bonds is 4. The standard InChI is InChI=1S/C17H27FN4OS/c1-17(2,3)24(23)13-8-20-16(19)22-11-9-21(10-12-22)15-6-4-14(18)5-7-15/h4-7H,8-13H2,1-3H3,(H2,19,20). The summed E-state index contributed by atoms with van der Waals surface area (Å²) in [6.07, 6.45) is 0. The van der Waals surface area contributed by atoms with Crippen LogP contribution in [0, 0.1) is 5.82 Å². The van der Waals surface area contributed by atoms with Crippen molar-refractivity contribution in [3.63, 3.8) is 0 Å². The Morgan fingerprint density at radius 2 is 1.79 bits per heavy atom. The minimum atomic E-state index is -0.911. The lowest BCUT2D eigenvalue weighted by Gasteiger charge is -2.36. The number of benzene rings is 1. The average molecular weight is 354 g/mol. The highest BCUT2D eigenvalue weighted by Gasteiger charge is 2.20. The SMILES string of the molecule is CC(C)(C)S(=O)CCN=C(N)N1CCN(c2ccc(F)cc2)CC1. The fourth-order valence-electron chi connectivity index (χ4n) is 2.49. The molecule has 1 fully saturated rings. The third kappa shape index (κ3) is 5.19. The Morgan fingerprint density at radius 1 is 1.21 bits per heavy atom. The predicted octanol–water partition coefficient (Wildman–Crippen LogP) is 1.81. The van der Waals surface area contributed by atoms with Gasteiger partial charge in [-0.05, 0) is 45.0 Å². The molecule has 0 bridgehead atoms. The van der Waals surface area contributed by atoms with Gasteiger partial charge in [-0.1, -0.05) is 0 Å². The third-order valence-electron chi connectivity index (χ3n) is 4.03. The van der Waals surface area contributed by atoms with Crippen molar-refractivity contribution in [2.24, 2.45) is 10.7 Å². The van der Waals surface area contributed by atoms with Gasteiger partial charge in [0.1, 0.15) is 5.82 Å². The first kappa shape index (κ1) is 18.7. The molecule has 7 heteroatoms. The smallest absolute Gasteiger partial charge is 0.191 e. The second kappa shape index (κ2) is 7.96. The van der Waals surface area contributed by atoms with E-state index in [1.807, 2.05) is 25.7 Å². The van der Waals surface area contributed by atoms with Gasteiger partial charge in [-0.25, -0.2) is 4.39 Å². The first-order valence-corrected chi connectivity index (χ1v) is 9.53. The lowest BCUT2D eigenvalue weighted by molar-refractivity contribution is 0.381. The summed E-state index contributed by atoms with van der Waals surface area (Å²) in [4.78, 5) is 8.62. The molecule has 0 aromatic heterocycles. The second-order valence-corrected chi connectivity index (χ2v) is 9.18. The van der Waals surface area contributed by atoms with Crippen molar-refractivity contribution < 1.29 is 8.60 Å². The zero-order chi connectivity index (χ0) is 17.7. The largest absolute Gasteiger partial charge is 0.370 e. The van der Waals surface area contributed by atoms with E-state index >= 15 is 0 Å². The quantitative estimate of drug-likeness (QED) is 0.662. The molecule has 2 rings (SSSR count). The van der Waals surface area contributed by atoms with Crippen molar-refractivity contribution in [1.82, 2.24) is 4.90 Å². The summed E-state index contributed by atoms with van der Waals surface area (Å²) in [5.74, 6) is 0.820. The molecule has 134 valence electrons. The molecule has 0 amide bonds. The highest BCUT2D eigenvalue weighted by molar-refractivity contribution is 7.86. The van der Waals surface area contributed by atoms with E-state index < -0.39 is 10.8 Å². The van der Waals surface area contributed by atoms with E-state index in [0.29, 0.717) is 18.3 Å². The summed E-state index contributed by atoms with van der Waals surface area (Å²) in [5, 5.41) is 0. The van der Waals surface area contributed by atoms with Gasteiger partial charge in [0, 0.05) is 53.2 Å². The van der Waals surface area contributed by atoms with Gasteiger partial charge < -0.3 is 15.5 Å². The molecule has 0 spiro atoms. The fraction of sp³-hybridized carbons (Fsp3) is 0.588. The van der Waals surface area contributed by atoms with E-state index in [9.17, 15) is 8.60 Å². The number of piperazine rings is 1. The summed E-state index contributed by atoms with van der Waals surface area (Å²) in [5.41, 5.74) is 7.08. The number of hydrogen-bond acceptors (Lipinski definition) is 3. The number of guanidine groups is 1. The fourth-order valence-corrected chi connectivity index (χ4v) is 3.36. The van der Waals surface area contributed by atoms with Crippen LogP contribution in [0.15, 0.2) is 29.3 Å². The molecule has 1 aliphatic heterocycles. The molecular weight excluding hydrogens is 327 g/mol. The first-order valence-electron chi connectivity index (χ1n) is 8.21. The summed E-state index contributed by atoms with van der Waals surface area (Å²) in [6, 6.07) is 6.55. The van der Waals surface area contributed by atoms with Crippen LogP contribution in [-0.4, -0.2) is 58.3 Å². The van der Waals surface area contributed by atoms with E-state index in [2.05, 4.69) is 9.89 Å². The van der Waals surface area contributed by atoms with Gasteiger partial charge in [0.25, 0.3) is 0 Å². The molecule has 1 atom stereocenters. The Bertz CT molecular complexity index is 590. The molecule has 1 heterocycles. The van der Waals surface area contributed by atoms with Crippen LogP contribution in [0.1, 0.15) is 20.8 Å². The van der Waals surface area contributed by atoms with E-state index in [0.717, 1.165) is 31.9 Å². The van der Waals surface area contributed by atoms with Gasteiger partial charge in [0.2, 0.25) is 0 Å². The minimum Gasteiger partial charge on any atom is -0.370 e. The number of nitrogens with two attached hydrogens (primary N) is 1. The van der Waals surface area contributed by atoms with Crippen LogP contribution in [-0.2, 0) is 10.8 Å². The van der Waals surface area contributed by atoms with E-state index in [1.54, 1.807) is 12.1 Å². The van der Waals surface area contributed by atoms with E-state index in [-0.39, 0.29) is 10.6 Å². The van der Waals surface area contributed by atoms with Crippen molar-refractivity contribution in [2.75, 3.05) is 43.4 Å². The van der Waals surface area contributed by atoms with Gasteiger partial charge >= 0.3 is 0 Å². The molecule has 1 aromatic rings. The Labute approximate surface area is 146 Å². The Morgan fingerprint density at radius 3 is 2.33 bits per heavy atom. The van der Waals surface area contributed by atoms with Crippen molar-refractivity contribution in [3.05, 3.63) is 30.1 Å². The topological polar surface area (TPSA) is 61.9 Å². The van der Waals surface area contributed by atoms with Crippen molar-refractivity contribution in [2.45, 2.75) is 25.5 Å². The molecule has 1 aliphatic rings. The maximum absolute atomic E-state index is 13.0. The molecule has 1 unspecified atom stereocenters. The monoisotopic (exact) mass is 354 g/mol. The Hall–Kier alpha value is -1.63. The molecule has 1 saturated heterocycles. The minimum absolute atomic E-state index is 0.217. The molecular formula is C17H27FN4OS. The summed E-state index contributed by atoms with van der Waals surface area (Å²) in [7, 11) is -0.911. The third-order valence-corrected chi connectivity index (χ3v) is 5.95. The molecule has 0 aliphatic carbocycles. The highest BCUT2D eigenvalue weighted by atomic mass is 32.2. The predicted molar refractivity (Wildman–Crippen MR) is 99.4 cm³/mol. The van der Waals surface area contributed by atoms with Crippen LogP contribution in [0.4, 0.5) is 10.1 Å². The number of anilines is 1. The number of halogens is 1. The van der Waals surface area contributed by atoms with Gasteiger partial charge in [-0.2, -0.15) is 0 Å². The summed E-state index contributed by atoms with van der Waals surface area (Å²) >= 11 is 0. The van der Waals surface area contributed by atoms with E-state index in [4.69, 9.17) is 5.73 Å². The maximum Gasteiger partial charge on any atom is 0.191 e. The van der Waals surface area contributed by atoms with Crippen molar-refractivity contribution in [1.29, 1.82) is 0 Å². The normalized spacial score (nSPS) is 17.9. The zero-order valence-corrected chi connectivity index (χ0v) is 15.5. The van der Waals surface area contributed by atoms with Crippen LogP contribution in [0.5, 0.6) is 0 Å². The van der Waals surface area contributed by atoms with Gasteiger partial charge in [-0.3, -0.25) is 9.20 Å². The molecule has 0 saturated carbocycles. The molecule has 1 aromatic carbocycles. The van der Waals surface area contributed by atoms with Crippen LogP contribution in [0.2, 0.25) is 0 Å². The Kier molecular flexibility index (Phi) is 6.21. The van der Waals surface area contributed by atoms with Crippen LogP contribution in [0.3, 0.4) is 0 Å². The summed E-state index contributed by atoms with van der Waals surface area (Å²) < 4.78 is 24.8. The number of hydrogen-bond donors (Lipinski definition) is 1. The maximum atomic E-state index is 13.0. The number of nitrogens with zero attached hydrogens (tertiary/aromatic N) is 3. The molecule has 0 radical (unpaired) electrons. The lowest BCUT2D eigenvalue weighted by Crippen LogP contribution is -2.51. The van der Waals surface area contributed by atoms with Crippen molar-refractivity contribution >= 4 is 22.4 Å². The van der Waals surface area contributed by atoms with E-state index in [1.165, 1.54) is 12.1 Å².